The molecule has 0 unspecified atom stereocenters. The molecule has 0 saturated carbocycles. The molecule has 0 radical (unpaired) electrons. The largest absolute Gasteiger partial charge is 0.256 e. The van der Waals surface area contributed by atoms with Gasteiger partial charge in [-0.25, -0.2) is 15.0 Å². The Labute approximate surface area is 311 Å². The zero-order valence-electron chi connectivity index (χ0n) is 29.1. The first-order valence-electron chi connectivity index (χ1n) is 18.2. The molecule has 0 aliphatic carbocycles. The smallest absolute Gasteiger partial charge is 0.164 e. The van der Waals surface area contributed by atoms with Gasteiger partial charge in [-0.1, -0.05) is 146 Å². The van der Waals surface area contributed by atoms with E-state index in [1.54, 1.807) is 0 Å². The fourth-order valence-electron chi connectivity index (χ4n) is 8.10. The summed E-state index contributed by atoms with van der Waals surface area (Å²) in [7, 11) is 0. The zero-order valence-corrected chi connectivity index (χ0v) is 29.1. The molecule has 0 aliphatic heterocycles. The van der Waals surface area contributed by atoms with Crippen LogP contribution in [0.1, 0.15) is 0 Å². The first kappa shape index (κ1) is 30.3. The van der Waals surface area contributed by atoms with E-state index in [9.17, 15) is 0 Å². The van der Waals surface area contributed by atoms with E-state index < -0.39 is 0 Å². The van der Waals surface area contributed by atoms with Crippen LogP contribution in [0.4, 0.5) is 0 Å². The van der Waals surface area contributed by atoms with Crippen molar-refractivity contribution in [1.29, 1.82) is 0 Å². The van der Waals surface area contributed by atoms with Crippen molar-refractivity contribution in [3.8, 4) is 45.3 Å². The van der Waals surface area contributed by atoms with Crippen LogP contribution in [0.2, 0.25) is 0 Å². The number of aromatic nitrogens is 4. The van der Waals surface area contributed by atoms with Gasteiger partial charge >= 0.3 is 0 Å². The molecule has 0 bridgehead atoms. The second kappa shape index (κ2) is 12.1. The third kappa shape index (κ3) is 4.92. The van der Waals surface area contributed by atoms with Crippen LogP contribution in [0.5, 0.6) is 0 Å². The second-order valence-electron chi connectivity index (χ2n) is 13.8. The van der Waals surface area contributed by atoms with Crippen molar-refractivity contribution in [2.24, 2.45) is 0 Å². The van der Waals surface area contributed by atoms with Crippen molar-refractivity contribution in [1.82, 2.24) is 19.9 Å². The number of nitrogens with zero attached hydrogens (tertiary/aromatic N) is 4. The monoisotopic (exact) mass is 686 g/mol. The predicted molar refractivity (Wildman–Crippen MR) is 224 cm³/mol. The molecule has 11 aromatic rings. The van der Waals surface area contributed by atoms with Crippen molar-refractivity contribution in [3.63, 3.8) is 0 Å². The van der Waals surface area contributed by atoms with E-state index in [-0.39, 0.29) is 0 Å². The molecule has 11 rings (SSSR count). The Morgan fingerprint density at radius 1 is 0.278 bits per heavy atom. The lowest BCUT2D eigenvalue weighted by Gasteiger charge is -2.13. The molecule has 0 atom stereocenters. The van der Waals surface area contributed by atoms with Gasteiger partial charge in [0.1, 0.15) is 0 Å². The van der Waals surface area contributed by atoms with Gasteiger partial charge in [0.2, 0.25) is 0 Å². The van der Waals surface area contributed by atoms with Crippen molar-refractivity contribution >= 4 is 64.8 Å². The van der Waals surface area contributed by atoms with Gasteiger partial charge in [-0.15, -0.1) is 0 Å². The number of fused-ring (bicyclic) bond motifs is 10. The fourth-order valence-corrected chi connectivity index (χ4v) is 8.10. The van der Waals surface area contributed by atoms with Crippen LogP contribution in [-0.4, -0.2) is 19.9 Å². The van der Waals surface area contributed by atoms with E-state index in [2.05, 4.69) is 140 Å². The average Bonchev–Trinajstić information content (AvgIpc) is 3.26. The lowest BCUT2D eigenvalue weighted by molar-refractivity contribution is 1.08. The van der Waals surface area contributed by atoms with E-state index >= 15 is 0 Å². The summed E-state index contributed by atoms with van der Waals surface area (Å²) in [6.07, 6.45) is 1.84. The number of hydrogen-bond donors (Lipinski definition) is 0. The summed E-state index contributed by atoms with van der Waals surface area (Å²) in [5.74, 6) is 1.90. The summed E-state index contributed by atoms with van der Waals surface area (Å²) in [6, 6.07) is 62.3. The standard InChI is InChI=1S/C50H30N4/c1-2-11-31(12-3-1)48-52-49(54-50(53-48)46-30-36-13-10-26-51-47(36)44-19-9-8-18-42(44)46)37-23-22-32-27-33(20-21-34(32)28-37)35-24-25-43-40-16-5-4-14-38(40)39-15-6-7-17-41(39)45(43)29-35/h1-30H. The Morgan fingerprint density at radius 2 is 0.796 bits per heavy atom. The topological polar surface area (TPSA) is 51.6 Å². The third-order valence-electron chi connectivity index (χ3n) is 10.7. The molecule has 0 aliphatic rings. The van der Waals surface area contributed by atoms with Crippen LogP contribution in [0.15, 0.2) is 182 Å². The third-order valence-corrected chi connectivity index (χ3v) is 10.7. The molecule has 0 N–H and O–H groups in total. The molecular formula is C50H30N4. The highest BCUT2D eigenvalue weighted by Crippen LogP contribution is 2.38. The number of benzene rings is 9. The van der Waals surface area contributed by atoms with Gasteiger partial charge in [0, 0.05) is 33.7 Å². The molecule has 2 heterocycles. The maximum Gasteiger partial charge on any atom is 0.164 e. The first-order chi connectivity index (χ1) is 26.7. The Balaban J connectivity index is 1.04. The van der Waals surface area contributed by atoms with Crippen LogP contribution in [0.25, 0.3) is 110 Å². The molecular weight excluding hydrogens is 657 g/mol. The molecule has 0 amide bonds. The Morgan fingerprint density at radius 3 is 1.52 bits per heavy atom. The molecule has 250 valence electrons. The lowest BCUT2D eigenvalue weighted by Crippen LogP contribution is -2.01. The van der Waals surface area contributed by atoms with Gasteiger partial charge in [-0.3, -0.25) is 4.98 Å². The molecule has 2 aromatic heterocycles. The molecule has 4 nitrogen and oxygen atoms in total. The number of pyridine rings is 1. The van der Waals surface area contributed by atoms with Crippen molar-refractivity contribution in [3.05, 3.63) is 182 Å². The highest BCUT2D eigenvalue weighted by molar-refractivity contribution is 6.25. The quantitative estimate of drug-likeness (QED) is 0.173. The minimum Gasteiger partial charge on any atom is -0.256 e. The SMILES string of the molecule is c1ccc(-c2nc(-c3ccc4cc(-c5ccc6c7ccccc7c7ccccc7c6c5)ccc4c3)nc(-c3cc4cccnc4c4ccccc34)n2)cc1. The minimum absolute atomic E-state index is 0.632. The van der Waals surface area contributed by atoms with Crippen molar-refractivity contribution < 1.29 is 0 Å². The van der Waals surface area contributed by atoms with Gasteiger partial charge in [0.05, 0.1) is 5.52 Å². The molecule has 4 heteroatoms. The van der Waals surface area contributed by atoms with Gasteiger partial charge in [0.15, 0.2) is 17.5 Å². The molecule has 0 spiro atoms. The molecule has 0 fully saturated rings. The normalized spacial score (nSPS) is 11.7. The highest BCUT2D eigenvalue weighted by Gasteiger charge is 2.17. The molecule has 9 aromatic carbocycles. The fraction of sp³-hybridized carbons (Fsp3) is 0. The van der Waals surface area contributed by atoms with Crippen molar-refractivity contribution in [2.75, 3.05) is 0 Å². The minimum atomic E-state index is 0.632. The van der Waals surface area contributed by atoms with Crippen molar-refractivity contribution in [2.45, 2.75) is 0 Å². The van der Waals surface area contributed by atoms with E-state index in [0.717, 1.165) is 49.1 Å². The summed E-state index contributed by atoms with van der Waals surface area (Å²) in [6.45, 7) is 0. The van der Waals surface area contributed by atoms with Gasteiger partial charge in [-0.05, 0) is 89.9 Å². The average molecular weight is 687 g/mol. The lowest BCUT2D eigenvalue weighted by atomic mass is 9.91. The van der Waals surface area contributed by atoms with Gasteiger partial charge < -0.3 is 0 Å². The summed E-state index contributed by atoms with van der Waals surface area (Å²) >= 11 is 0. The van der Waals surface area contributed by atoms with Gasteiger partial charge in [-0.2, -0.15) is 0 Å². The maximum absolute atomic E-state index is 5.16. The Kier molecular flexibility index (Phi) is 6.82. The van der Waals surface area contributed by atoms with Crippen LogP contribution < -0.4 is 0 Å². The van der Waals surface area contributed by atoms with Gasteiger partial charge in [0.25, 0.3) is 0 Å². The van der Waals surface area contributed by atoms with E-state index in [4.69, 9.17) is 19.9 Å². The van der Waals surface area contributed by atoms with Crippen LogP contribution >= 0.6 is 0 Å². The summed E-state index contributed by atoms with van der Waals surface area (Å²) < 4.78 is 0. The van der Waals surface area contributed by atoms with Crippen LogP contribution in [-0.2, 0) is 0 Å². The summed E-state index contributed by atoms with van der Waals surface area (Å²) in [5, 5.41) is 13.1. The first-order valence-corrected chi connectivity index (χ1v) is 18.2. The van der Waals surface area contributed by atoms with E-state index in [1.165, 1.54) is 43.4 Å². The van der Waals surface area contributed by atoms with E-state index in [1.807, 2.05) is 42.6 Å². The number of hydrogen-bond acceptors (Lipinski definition) is 4. The van der Waals surface area contributed by atoms with Crippen LogP contribution in [0, 0.1) is 0 Å². The molecule has 54 heavy (non-hydrogen) atoms. The highest BCUT2D eigenvalue weighted by atomic mass is 15.0. The predicted octanol–water partition coefficient (Wildman–Crippen LogP) is 12.9. The molecule has 0 saturated heterocycles. The Hall–Kier alpha value is -7.30. The van der Waals surface area contributed by atoms with Crippen LogP contribution in [0.3, 0.4) is 0 Å². The zero-order chi connectivity index (χ0) is 35.6. The number of rotatable bonds is 4. The Bertz CT molecular complexity index is 3240. The van der Waals surface area contributed by atoms with E-state index in [0.29, 0.717) is 17.5 Å². The second-order valence-corrected chi connectivity index (χ2v) is 13.8. The summed E-state index contributed by atoms with van der Waals surface area (Å²) in [5.41, 5.74) is 6.17. The summed E-state index contributed by atoms with van der Waals surface area (Å²) in [4.78, 5) is 20.0. The maximum atomic E-state index is 5.16.